The highest BCUT2D eigenvalue weighted by Crippen LogP contribution is 2.37. The topological polar surface area (TPSA) is 192 Å². The summed E-state index contributed by atoms with van der Waals surface area (Å²) in [6.45, 7) is 18.2. The molecule has 1 aliphatic rings. The van der Waals surface area contributed by atoms with Crippen LogP contribution in [0.2, 0.25) is 18.1 Å². The molecule has 0 radical (unpaired) electrons. The highest BCUT2D eigenvalue weighted by atomic mass is 28.4. The molecule has 0 aliphatic carbocycles. The fourth-order valence-electron chi connectivity index (χ4n) is 7.02. The van der Waals surface area contributed by atoms with Gasteiger partial charge in [0.25, 0.3) is 0 Å². The van der Waals surface area contributed by atoms with Crippen LogP contribution in [-0.2, 0) is 51.9 Å². The zero-order valence-corrected chi connectivity index (χ0v) is 43.3. The van der Waals surface area contributed by atoms with E-state index in [4.69, 9.17) is 42.3 Å². The van der Waals surface area contributed by atoms with Crippen LogP contribution in [0.15, 0.2) is 91.0 Å². The van der Waals surface area contributed by atoms with Crippen molar-refractivity contribution in [1.29, 1.82) is 0 Å². The number of benzene rings is 3. The maximum atomic E-state index is 13.7. The van der Waals surface area contributed by atoms with Gasteiger partial charge in [0.15, 0.2) is 33.1 Å². The van der Waals surface area contributed by atoms with Crippen molar-refractivity contribution >= 4 is 38.0 Å². The molecule has 0 bridgehead atoms. The van der Waals surface area contributed by atoms with Crippen molar-refractivity contribution in [3.8, 4) is 0 Å². The van der Waals surface area contributed by atoms with E-state index in [1.165, 1.54) is 6.92 Å². The van der Waals surface area contributed by atoms with Crippen molar-refractivity contribution < 1.29 is 66.3 Å². The fraction of sp³-hybridized carbons (Fsp3) is 0.566. The molecule has 4 rings (SSSR count). The molecule has 0 saturated carbocycles. The molecule has 0 spiro atoms. The number of nitrogens with one attached hydrogen (secondary N) is 2. The molecule has 1 saturated heterocycles. The number of ether oxygens (including phenoxy) is 8. The van der Waals surface area contributed by atoms with Gasteiger partial charge in [0.2, 0.25) is 11.8 Å². The third-order valence-electron chi connectivity index (χ3n) is 12.0. The average molecular weight is 993 g/mol. The van der Waals surface area contributed by atoms with Crippen LogP contribution in [0.4, 0.5) is 0 Å². The lowest BCUT2D eigenvalue weighted by Gasteiger charge is -2.45. The second-order valence-electron chi connectivity index (χ2n) is 18.8. The number of unbranched alkanes of at least 4 members (excludes halogenated alkanes) is 3. The lowest BCUT2D eigenvalue weighted by molar-refractivity contribution is -0.269. The molecule has 0 aromatic heterocycles. The molecule has 16 nitrogen and oxygen atoms in total. The first-order chi connectivity index (χ1) is 33.5. The van der Waals surface area contributed by atoms with Crippen LogP contribution in [0.1, 0.15) is 118 Å². The first kappa shape index (κ1) is 57.6. The average Bonchev–Trinajstić information content (AvgIpc) is 3.34. The maximum absolute atomic E-state index is 13.7. The largest absolute Gasteiger partial charge is 0.459 e. The number of rotatable bonds is 30. The third-order valence-corrected chi connectivity index (χ3v) is 16.5. The second kappa shape index (κ2) is 30.0. The van der Waals surface area contributed by atoms with E-state index in [1.54, 1.807) is 91.0 Å². The van der Waals surface area contributed by atoms with Crippen molar-refractivity contribution in [2.45, 2.75) is 148 Å². The van der Waals surface area contributed by atoms with Crippen molar-refractivity contribution in [1.82, 2.24) is 10.6 Å². The van der Waals surface area contributed by atoms with Gasteiger partial charge < -0.3 is 53.0 Å². The summed E-state index contributed by atoms with van der Waals surface area (Å²) in [6.07, 6.45) is -1.26. The van der Waals surface area contributed by atoms with E-state index in [0.717, 1.165) is 32.3 Å². The number of hydrogen-bond donors (Lipinski definition) is 2. The summed E-state index contributed by atoms with van der Waals surface area (Å²) < 4.78 is 54.8. The maximum Gasteiger partial charge on any atom is 0.338 e. The Morgan fingerprint density at radius 1 is 0.700 bits per heavy atom. The normalized spacial score (nSPS) is 19.1. The first-order valence-electron chi connectivity index (χ1n) is 24.5. The van der Waals surface area contributed by atoms with Gasteiger partial charge in [-0.1, -0.05) is 88.7 Å². The Labute approximate surface area is 415 Å². The van der Waals surface area contributed by atoms with Gasteiger partial charge in [-0.15, -0.1) is 0 Å². The molecule has 7 atom stereocenters. The van der Waals surface area contributed by atoms with Crippen LogP contribution in [0.3, 0.4) is 0 Å². The SMILES string of the molecule is CCCCOCCCCOC(C)OCC(CNC(=O)CCCCOC1OC(COC(=O)c2ccccc2)C(OC(=O)c2ccccc2)C(OC(=O)c2ccccc2)C1NC(C)=O)O[Si](C)(C)C(C)(C)C. The molecule has 3 aromatic rings. The molecule has 386 valence electrons. The molecule has 7 unspecified atom stereocenters. The molecular formula is C53H76N2O14Si. The summed E-state index contributed by atoms with van der Waals surface area (Å²) in [5, 5.41) is 5.74. The summed E-state index contributed by atoms with van der Waals surface area (Å²) in [7, 11) is -2.24. The minimum atomic E-state index is -2.24. The summed E-state index contributed by atoms with van der Waals surface area (Å²) in [6, 6.07) is 23.5. The third kappa shape index (κ3) is 20.0. The molecule has 17 heteroatoms. The van der Waals surface area contributed by atoms with Gasteiger partial charge in [0.1, 0.15) is 18.8 Å². The molecule has 1 fully saturated rings. The van der Waals surface area contributed by atoms with Crippen LogP contribution in [0, 0.1) is 0 Å². The van der Waals surface area contributed by atoms with Crippen LogP contribution >= 0.6 is 0 Å². The smallest absolute Gasteiger partial charge is 0.338 e. The van der Waals surface area contributed by atoms with E-state index in [1.807, 2.05) is 6.92 Å². The predicted octanol–water partition coefficient (Wildman–Crippen LogP) is 8.19. The molecule has 2 N–H and O–H groups in total. The van der Waals surface area contributed by atoms with Crippen molar-refractivity contribution in [3.63, 3.8) is 0 Å². The molecule has 70 heavy (non-hydrogen) atoms. The van der Waals surface area contributed by atoms with Gasteiger partial charge in [-0.3, -0.25) is 9.59 Å². The van der Waals surface area contributed by atoms with Crippen LogP contribution in [-0.4, -0.2) is 127 Å². The Kier molecular flexibility index (Phi) is 24.7. The number of amides is 2. The quantitative estimate of drug-likeness (QED) is 0.0214. The van der Waals surface area contributed by atoms with Crippen molar-refractivity contribution in [2.24, 2.45) is 0 Å². The standard InChI is InChI=1S/C53H76N2O14Si/c1-9-10-31-61-32-22-23-33-62-39(3)64-36-43(69-70(7,8)53(4,5)6)35-54-45(57)30-20-21-34-63-52-46(55-38(2)56)48(68-51(60)42-28-18-13-19-29-42)47(67-50(59)41-26-16-12-17-27-41)44(66-52)37-65-49(58)40-24-14-11-15-25-40/h11-19,24-29,39,43-44,46-48,52H,9-10,20-23,30-37H2,1-8H3,(H,54,57)(H,55,56). The van der Waals surface area contributed by atoms with E-state index in [-0.39, 0.29) is 53.8 Å². The Hall–Kier alpha value is -5.01. The van der Waals surface area contributed by atoms with Crippen molar-refractivity contribution in [3.05, 3.63) is 108 Å². The Balaban J connectivity index is 1.42. The molecule has 1 aliphatic heterocycles. The lowest BCUT2D eigenvalue weighted by Crippen LogP contribution is -2.66. The Bertz CT molecular complexity index is 2020. The molecule has 3 aromatic carbocycles. The number of hydrogen-bond acceptors (Lipinski definition) is 14. The van der Waals surface area contributed by atoms with Gasteiger partial charge >= 0.3 is 17.9 Å². The molecule has 2 amide bonds. The molecular weight excluding hydrogens is 917 g/mol. The minimum Gasteiger partial charge on any atom is -0.459 e. The van der Waals surface area contributed by atoms with Crippen LogP contribution in [0.25, 0.3) is 0 Å². The van der Waals surface area contributed by atoms with Crippen LogP contribution in [0.5, 0.6) is 0 Å². The van der Waals surface area contributed by atoms with Gasteiger partial charge in [-0.2, -0.15) is 0 Å². The Morgan fingerprint density at radius 3 is 1.81 bits per heavy atom. The number of esters is 3. The zero-order chi connectivity index (χ0) is 50.9. The summed E-state index contributed by atoms with van der Waals surface area (Å²) in [5.41, 5.74) is 0.672. The fourth-order valence-corrected chi connectivity index (χ4v) is 8.36. The highest BCUT2D eigenvalue weighted by molar-refractivity contribution is 6.74. The van der Waals surface area contributed by atoms with Gasteiger partial charge in [-0.25, -0.2) is 14.4 Å². The van der Waals surface area contributed by atoms with Crippen molar-refractivity contribution in [2.75, 3.05) is 46.2 Å². The van der Waals surface area contributed by atoms with E-state index in [9.17, 15) is 24.0 Å². The minimum absolute atomic E-state index is 0.0487. The van der Waals surface area contributed by atoms with Gasteiger partial charge in [0, 0.05) is 46.3 Å². The van der Waals surface area contributed by atoms with Gasteiger partial charge in [0.05, 0.1) is 29.4 Å². The summed E-state index contributed by atoms with van der Waals surface area (Å²) >= 11 is 0. The summed E-state index contributed by atoms with van der Waals surface area (Å²) in [4.78, 5) is 66.7. The van der Waals surface area contributed by atoms with E-state index in [0.29, 0.717) is 26.1 Å². The van der Waals surface area contributed by atoms with E-state index in [2.05, 4.69) is 51.4 Å². The highest BCUT2D eigenvalue weighted by Gasteiger charge is 2.52. The number of carbonyl (C=O) groups is 5. The van der Waals surface area contributed by atoms with Crippen LogP contribution < -0.4 is 10.6 Å². The number of carbonyl (C=O) groups excluding carboxylic acids is 5. The van der Waals surface area contributed by atoms with Gasteiger partial charge in [-0.05, 0) is 93.6 Å². The summed E-state index contributed by atoms with van der Waals surface area (Å²) in [5.74, 6) is -2.91. The monoisotopic (exact) mass is 993 g/mol. The molecule has 1 heterocycles. The first-order valence-corrected chi connectivity index (χ1v) is 27.4. The Morgan fingerprint density at radius 2 is 1.24 bits per heavy atom. The zero-order valence-electron chi connectivity index (χ0n) is 42.3. The predicted molar refractivity (Wildman–Crippen MR) is 265 cm³/mol. The lowest BCUT2D eigenvalue weighted by atomic mass is 9.95. The van der Waals surface area contributed by atoms with E-state index < -0.39 is 81.8 Å². The van der Waals surface area contributed by atoms with E-state index >= 15 is 0 Å². The second-order valence-corrected chi connectivity index (χ2v) is 23.5.